The van der Waals surface area contributed by atoms with Gasteiger partial charge in [-0.25, -0.2) is 0 Å². The number of benzene rings is 2. The third kappa shape index (κ3) is 4.27. The van der Waals surface area contributed by atoms with Crippen LogP contribution in [-0.2, 0) is 0 Å². The van der Waals surface area contributed by atoms with Crippen molar-refractivity contribution in [1.29, 1.82) is 0 Å². The number of ether oxygens (including phenoxy) is 3. The first kappa shape index (κ1) is 20.9. The Balaban J connectivity index is 1.87. The van der Waals surface area contributed by atoms with Crippen molar-refractivity contribution >= 4 is 5.91 Å². The average molecular weight is 409 g/mol. The molecule has 0 fully saturated rings. The zero-order valence-corrected chi connectivity index (χ0v) is 17.2. The molecule has 8 nitrogen and oxygen atoms in total. The zero-order valence-electron chi connectivity index (χ0n) is 17.2. The van der Waals surface area contributed by atoms with E-state index in [0.29, 0.717) is 22.9 Å². The van der Waals surface area contributed by atoms with E-state index in [1.54, 1.807) is 36.4 Å². The molecule has 1 N–H and O–H groups in total. The third-order valence-corrected chi connectivity index (χ3v) is 4.57. The molecule has 1 aromatic heterocycles. The molecule has 0 aliphatic rings. The van der Waals surface area contributed by atoms with E-state index in [1.165, 1.54) is 38.1 Å². The number of nitrogens with one attached hydrogen (secondary N) is 1. The maximum atomic E-state index is 12.8. The van der Waals surface area contributed by atoms with Gasteiger partial charge in [0.1, 0.15) is 5.69 Å². The number of hydrogen-bond donors (Lipinski definition) is 1. The molecule has 156 valence electrons. The highest BCUT2D eigenvalue weighted by Gasteiger charge is 2.19. The van der Waals surface area contributed by atoms with Crippen LogP contribution in [0.2, 0.25) is 0 Å². The first-order valence-corrected chi connectivity index (χ1v) is 9.25. The molecule has 8 heteroatoms. The molecule has 3 rings (SSSR count). The van der Waals surface area contributed by atoms with Crippen LogP contribution in [0.5, 0.6) is 17.2 Å². The largest absolute Gasteiger partial charge is 0.493 e. The van der Waals surface area contributed by atoms with Crippen molar-refractivity contribution < 1.29 is 19.0 Å². The molecule has 3 aromatic rings. The van der Waals surface area contributed by atoms with Crippen LogP contribution in [0.25, 0.3) is 5.69 Å². The summed E-state index contributed by atoms with van der Waals surface area (Å²) in [5.74, 6) is 1.03. The second-order valence-corrected chi connectivity index (χ2v) is 6.46. The average Bonchev–Trinajstić information content (AvgIpc) is 2.78. The summed E-state index contributed by atoms with van der Waals surface area (Å²) >= 11 is 0. The molecule has 0 saturated carbocycles. The summed E-state index contributed by atoms with van der Waals surface area (Å²) in [6.45, 7) is 1.83. The second kappa shape index (κ2) is 9.13. The number of rotatable bonds is 7. The summed E-state index contributed by atoms with van der Waals surface area (Å²) in [7, 11) is 4.58. The number of para-hydroxylation sites is 1. The summed E-state index contributed by atoms with van der Waals surface area (Å²) in [5.41, 5.74) is 1.14. The Labute approximate surface area is 174 Å². The molecule has 1 atom stereocenters. The van der Waals surface area contributed by atoms with Gasteiger partial charge in [-0.05, 0) is 42.8 Å². The van der Waals surface area contributed by atoms with Crippen molar-refractivity contribution in [1.82, 2.24) is 15.1 Å². The van der Waals surface area contributed by atoms with Crippen LogP contribution in [0.1, 0.15) is 29.0 Å². The normalized spacial score (nSPS) is 11.5. The van der Waals surface area contributed by atoms with Gasteiger partial charge in [-0.1, -0.05) is 18.2 Å². The Morgan fingerprint density at radius 2 is 1.60 bits per heavy atom. The quantitative estimate of drug-likeness (QED) is 0.645. The lowest BCUT2D eigenvalue weighted by molar-refractivity contribution is 0.0933. The van der Waals surface area contributed by atoms with Crippen LogP contribution in [0.4, 0.5) is 0 Å². The Kier molecular flexibility index (Phi) is 6.36. The summed E-state index contributed by atoms with van der Waals surface area (Å²) < 4.78 is 17.3. The van der Waals surface area contributed by atoms with Gasteiger partial charge in [0.05, 0.1) is 33.1 Å². The highest BCUT2D eigenvalue weighted by Crippen LogP contribution is 2.39. The highest BCUT2D eigenvalue weighted by molar-refractivity contribution is 5.92. The molecule has 0 radical (unpaired) electrons. The number of carbonyl (C=O) groups excluding carboxylic acids is 1. The van der Waals surface area contributed by atoms with Crippen molar-refractivity contribution in [2.24, 2.45) is 0 Å². The molecule has 1 heterocycles. The minimum absolute atomic E-state index is 0.123. The van der Waals surface area contributed by atoms with Gasteiger partial charge >= 0.3 is 0 Å². The van der Waals surface area contributed by atoms with Crippen LogP contribution >= 0.6 is 0 Å². The van der Waals surface area contributed by atoms with E-state index < -0.39 is 5.91 Å². The van der Waals surface area contributed by atoms with E-state index in [1.807, 2.05) is 13.0 Å². The van der Waals surface area contributed by atoms with E-state index in [2.05, 4.69) is 10.4 Å². The Morgan fingerprint density at radius 3 is 2.17 bits per heavy atom. The van der Waals surface area contributed by atoms with Gasteiger partial charge in [0.15, 0.2) is 11.5 Å². The van der Waals surface area contributed by atoms with Crippen molar-refractivity contribution in [2.45, 2.75) is 13.0 Å². The summed E-state index contributed by atoms with van der Waals surface area (Å²) in [6, 6.07) is 14.8. The summed E-state index contributed by atoms with van der Waals surface area (Å²) in [6.07, 6.45) is 0. The van der Waals surface area contributed by atoms with E-state index in [-0.39, 0.29) is 17.3 Å². The van der Waals surface area contributed by atoms with Crippen LogP contribution < -0.4 is 25.1 Å². The molecule has 30 heavy (non-hydrogen) atoms. The van der Waals surface area contributed by atoms with Crippen LogP contribution in [0.15, 0.2) is 59.4 Å². The minimum atomic E-state index is -0.416. The monoisotopic (exact) mass is 409 g/mol. The molecule has 0 aliphatic carbocycles. The molecule has 0 bridgehead atoms. The second-order valence-electron chi connectivity index (χ2n) is 6.46. The van der Waals surface area contributed by atoms with Crippen molar-refractivity contribution in [3.05, 3.63) is 76.2 Å². The SMILES string of the molecule is COc1cc(C(C)NC(=O)c2ccc(=O)n(-c3ccccc3)n2)cc(OC)c1OC. The van der Waals surface area contributed by atoms with Gasteiger partial charge in [-0.2, -0.15) is 9.78 Å². The topological polar surface area (TPSA) is 91.7 Å². The maximum Gasteiger partial charge on any atom is 0.272 e. The van der Waals surface area contributed by atoms with Crippen molar-refractivity contribution in [2.75, 3.05) is 21.3 Å². The van der Waals surface area contributed by atoms with E-state index >= 15 is 0 Å². The minimum Gasteiger partial charge on any atom is -0.493 e. The standard InChI is InChI=1S/C22H23N3O5/c1-14(15-12-18(28-2)21(30-4)19(13-15)29-3)23-22(27)17-10-11-20(26)25(24-17)16-8-6-5-7-9-16/h5-14H,1-4H3,(H,23,27). The highest BCUT2D eigenvalue weighted by atomic mass is 16.5. The van der Waals surface area contributed by atoms with Crippen LogP contribution in [-0.4, -0.2) is 37.0 Å². The van der Waals surface area contributed by atoms with Gasteiger partial charge in [0.2, 0.25) is 5.75 Å². The molecule has 0 aliphatic heterocycles. The van der Waals surface area contributed by atoms with Gasteiger partial charge in [-0.3, -0.25) is 9.59 Å². The lowest BCUT2D eigenvalue weighted by Crippen LogP contribution is -2.30. The first-order valence-electron chi connectivity index (χ1n) is 9.25. The third-order valence-electron chi connectivity index (χ3n) is 4.57. The Bertz CT molecular complexity index is 1070. The summed E-state index contributed by atoms with van der Waals surface area (Å²) in [5, 5.41) is 7.09. The van der Waals surface area contributed by atoms with Crippen LogP contribution in [0.3, 0.4) is 0 Å². The summed E-state index contributed by atoms with van der Waals surface area (Å²) in [4.78, 5) is 24.9. The van der Waals surface area contributed by atoms with Crippen molar-refractivity contribution in [3.63, 3.8) is 0 Å². The van der Waals surface area contributed by atoms with E-state index in [9.17, 15) is 9.59 Å². The lowest BCUT2D eigenvalue weighted by Gasteiger charge is -2.18. The molecule has 1 unspecified atom stereocenters. The molecule has 1 amide bonds. The number of methoxy groups -OCH3 is 3. The number of hydrogen-bond acceptors (Lipinski definition) is 6. The van der Waals surface area contributed by atoms with Gasteiger partial charge < -0.3 is 19.5 Å². The number of aromatic nitrogens is 2. The lowest BCUT2D eigenvalue weighted by atomic mass is 10.1. The maximum absolute atomic E-state index is 12.8. The van der Waals surface area contributed by atoms with E-state index in [4.69, 9.17) is 14.2 Å². The Hall–Kier alpha value is -3.81. The Morgan fingerprint density at radius 1 is 0.967 bits per heavy atom. The molecule has 2 aromatic carbocycles. The first-order chi connectivity index (χ1) is 14.5. The fourth-order valence-electron chi connectivity index (χ4n) is 2.99. The fourth-order valence-corrected chi connectivity index (χ4v) is 2.99. The predicted molar refractivity (Wildman–Crippen MR) is 112 cm³/mol. The zero-order chi connectivity index (χ0) is 21.7. The van der Waals surface area contributed by atoms with Gasteiger partial charge in [-0.15, -0.1) is 0 Å². The van der Waals surface area contributed by atoms with Gasteiger partial charge in [0.25, 0.3) is 11.5 Å². The molecule has 0 saturated heterocycles. The number of carbonyl (C=O) groups is 1. The van der Waals surface area contributed by atoms with Crippen molar-refractivity contribution in [3.8, 4) is 22.9 Å². The fraction of sp³-hybridized carbons (Fsp3) is 0.227. The smallest absolute Gasteiger partial charge is 0.272 e. The molecule has 0 spiro atoms. The molecular weight excluding hydrogens is 386 g/mol. The van der Waals surface area contributed by atoms with Gasteiger partial charge in [0, 0.05) is 6.07 Å². The van der Waals surface area contributed by atoms with E-state index in [0.717, 1.165) is 5.56 Å². The number of nitrogens with zero attached hydrogens (tertiary/aromatic N) is 2. The molecular formula is C22H23N3O5. The predicted octanol–water partition coefficient (Wildman–Crippen LogP) is 2.75. The van der Waals surface area contributed by atoms with Crippen LogP contribution in [0, 0.1) is 0 Å². The number of amides is 1.